The molecule has 0 aromatic heterocycles. The number of aliphatic carboxylic acids is 1. The molecular formula is C36H44N4O6. The second kappa shape index (κ2) is 15.9. The largest absolute Gasteiger partial charge is 0.482 e. The summed E-state index contributed by atoms with van der Waals surface area (Å²) >= 11 is 0. The van der Waals surface area contributed by atoms with E-state index in [9.17, 15) is 24.3 Å². The van der Waals surface area contributed by atoms with Gasteiger partial charge < -0.3 is 30.3 Å². The van der Waals surface area contributed by atoms with Gasteiger partial charge in [0.25, 0.3) is 5.91 Å². The molecule has 1 aliphatic rings. The first kappa shape index (κ1) is 34.0. The van der Waals surface area contributed by atoms with Crippen LogP contribution in [-0.4, -0.2) is 55.7 Å². The van der Waals surface area contributed by atoms with E-state index in [0.717, 1.165) is 36.1 Å². The highest BCUT2D eigenvalue weighted by Gasteiger charge is 2.24. The maximum atomic E-state index is 13.7. The molecular weight excluding hydrogens is 584 g/mol. The van der Waals surface area contributed by atoms with Gasteiger partial charge in [0.1, 0.15) is 5.75 Å². The first-order chi connectivity index (χ1) is 22.0. The van der Waals surface area contributed by atoms with E-state index >= 15 is 0 Å². The van der Waals surface area contributed by atoms with Gasteiger partial charge in [-0.25, -0.2) is 4.79 Å². The number of likely N-dealkylation sites (N-methyl/N-ethyl adjacent to an activating group) is 1. The van der Waals surface area contributed by atoms with Crippen LogP contribution in [0.1, 0.15) is 61.6 Å². The Kier molecular flexibility index (Phi) is 11.8. The predicted molar refractivity (Wildman–Crippen MR) is 180 cm³/mol. The summed E-state index contributed by atoms with van der Waals surface area (Å²) in [6.45, 7) is 5.49. The van der Waals surface area contributed by atoms with E-state index in [-0.39, 0.29) is 25.0 Å². The lowest BCUT2D eigenvalue weighted by atomic mass is 10.0. The SMILES string of the molecule is Cc1cc(C)cc(N(C)C(=O)COc2ccccc2N(CCC2CCCC2)C(=O)CNC(=O)Nc2cccc(C(C)C(=O)O)c2)c1. The molecule has 0 radical (unpaired) electrons. The van der Waals surface area contributed by atoms with Gasteiger partial charge in [0.05, 0.1) is 18.2 Å². The molecule has 10 heteroatoms. The molecule has 1 aliphatic carbocycles. The Morgan fingerprint density at radius 1 is 0.935 bits per heavy atom. The zero-order valence-corrected chi connectivity index (χ0v) is 27.0. The first-order valence-corrected chi connectivity index (χ1v) is 15.8. The van der Waals surface area contributed by atoms with E-state index in [2.05, 4.69) is 10.6 Å². The number of para-hydroxylation sites is 2. The quantitative estimate of drug-likeness (QED) is 0.205. The number of aryl methyl sites for hydroxylation is 2. The lowest BCUT2D eigenvalue weighted by Crippen LogP contribution is -2.42. The molecule has 0 heterocycles. The molecule has 1 saturated carbocycles. The second-order valence-electron chi connectivity index (χ2n) is 12.0. The predicted octanol–water partition coefficient (Wildman–Crippen LogP) is 6.27. The molecule has 0 aliphatic heterocycles. The smallest absolute Gasteiger partial charge is 0.319 e. The normalized spacial score (nSPS) is 13.5. The van der Waals surface area contributed by atoms with E-state index in [1.165, 1.54) is 12.8 Å². The standard InChI is InChI=1S/C36H44N4O6/c1-24-18-25(2)20-30(19-24)39(4)34(42)23-46-32-15-8-7-14-31(32)40(17-16-27-10-5-6-11-27)33(41)22-37-36(45)38-29-13-9-12-28(21-29)26(3)35(43)44/h7-9,12-15,18-21,26-27H,5-6,10-11,16-17,22-23H2,1-4H3,(H,43,44)(H2,37,38,45). The molecule has 0 saturated heterocycles. The number of rotatable bonds is 13. The van der Waals surface area contributed by atoms with Crippen LogP contribution in [0.2, 0.25) is 0 Å². The fourth-order valence-electron chi connectivity index (χ4n) is 5.77. The number of hydrogen-bond donors (Lipinski definition) is 3. The zero-order chi connectivity index (χ0) is 33.2. The third kappa shape index (κ3) is 9.32. The molecule has 3 N–H and O–H groups in total. The van der Waals surface area contributed by atoms with Crippen LogP contribution >= 0.6 is 0 Å². The van der Waals surface area contributed by atoms with Gasteiger partial charge in [-0.3, -0.25) is 14.4 Å². The van der Waals surface area contributed by atoms with Crippen LogP contribution in [0.3, 0.4) is 0 Å². The number of carboxylic acids is 1. The Morgan fingerprint density at radius 3 is 2.33 bits per heavy atom. The molecule has 4 amide bonds. The summed E-state index contributed by atoms with van der Waals surface area (Å²) in [5.74, 6) is -1.33. The van der Waals surface area contributed by atoms with E-state index in [1.54, 1.807) is 66.2 Å². The molecule has 0 bridgehead atoms. The topological polar surface area (TPSA) is 128 Å². The third-order valence-corrected chi connectivity index (χ3v) is 8.43. The van der Waals surface area contributed by atoms with Crippen molar-refractivity contribution < 1.29 is 29.0 Å². The third-order valence-electron chi connectivity index (χ3n) is 8.43. The van der Waals surface area contributed by atoms with Crippen LogP contribution in [0.25, 0.3) is 0 Å². The lowest BCUT2D eigenvalue weighted by molar-refractivity contribution is -0.138. The molecule has 10 nitrogen and oxygen atoms in total. The van der Waals surface area contributed by atoms with Crippen LogP contribution < -0.4 is 25.2 Å². The average Bonchev–Trinajstić information content (AvgIpc) is 3.56. The lowest BCUT2D eigenvalue weighted by Gasteiger charge is -2.27. The number of carboxylic acid groups (broad SMARTS) is 1. The Labute approximate surface area is 270 Å². The second-order valence-corrected chi connectivity index (χ2v) is 12.0. The molecule has 1 fully saturated rings. The fourth-order valence-corrected chi connectivity index (χ4v) is 5.77. The molecule has 3 aromatic carbocycles. The summed E-state index contributed by atoms with van der Waals surface area (Å²) in [5.41, 5.74) is 4.39. The van der Waals surface area contributed by atoms with Crippen LogP contribution in [-0.2, 0) is 14.4 Å². The van der Waals surface area contributed by atoms with Crippen LogP contribution in [0.15, 0.2) is 66.7 Å². The highest BCUT2D eigenvalue weighted by molar-refractivity contribution is 6.00. The molecule has 244 valence electrons. The number of nitrogens with one attached hydrogen (secondary N) is 2. The summed E-state index contributed by atoms with van der Waals surface area (Å²) in [6, 6.07) is 19.1. The minimum Gasteiger partial charge on any atom is -0.482 e. The number of urea groups is 1. The number of carbonyl (C=O) groups excluding carboxylic acids is 3. The van der Waals surface area contributed by atoms with Gasteiger partial charge in [0, 0.05) is 25.0 Å². The van der Waals surface area contributed by atoms with Crippen molar-refractivity contribution >= 4 is 40.9 Å². The number of benzene rings is 3. The van der Waals surface area contributed by atoms with E-state index in [4.69, 9.17) is 4.74 Å². The van der Waals surface area contributed by atoms with Crippen molar-refractivity contribution in [3.63, 3.8) is 0 Å². The van der Waals surface area contributed by atoms with Gasteiger partial charge in [-0.15, -0.1) is 0 Å². The number of nitrogens with zero attached hydrogens (tertiary/aromatic N) is 2. The van der Waals surface area contributed by atoms with Crippen molar-refractivity contribution in [1.29, 1.82) is 0 Å². The highest BCUT2D eigenvalue weighted by atomic mass is 16.5. The summed E-state index contributed by atoms with van der Waals surface area (Å²) < 4.78 is 6.03. The minimum absolute atomic E-state index is 0.217. The van der Waals surface area contributed by atoms with Gasteiger partial charge in [-0.1, -0.05) is 56.0 Å². The maximum absolute atomic E-state index is 13.7. The van der Waals surface area contributed by atoms with Crippen LogP contribution in [0, 0.1) is 19.8 Å². The molecule has 3 aromatic rings. The highest BCUT2D eigenvalue weighted by Crippen LogP contribution is 2.32. The summed E-state index contributed by atoms with van der Waals surface area (Å²) in [6.07, 6.45) is 5.43. The van der Waals surface area contributed by atoms with Crippen molar-refractivity contribution in [1.82, 2.24) is 5.32 Å². The number of ether oxygens (including phenoxy) is 1. The zero-order valence-electron chi connectivity index (χ0n) is 27.0. The number of hydrogen-bond acceptors (Lipinski definition) is 5. The van der Waals surface area contributed by atoms with Crippen LogP contribution in [0.4, 0.5) is 21.9 Å². The van der Waals surface area contributed by atoms with Gasteiger partial charge in [0.2, 0.25) is 5.91 Å². The number of carbonyl (C=O) groups is 4. The Hall–Kier alpha value is -4.86. The van der Waals surface area contributed by atoms with Crippen molar-refractivity contribution in [2.24, 2.45) is 5.92 Å². The van der Waals surface area contributed by atoms with Crippen molar-refractivity contribution in [3.8, 4) is 5.75 Å². The number of anilines is 3. The molecule has 1 unspecified atom stereocenters. The molecule has 1 atom stereocenters. The van der Waals surface area contributed by atoms with Gasteiger partial charge in [-0.2, -0.15) is 0 Å². The summed E-state index contributed by atoms with van der Waals surface area (Å²) in [5, 5.41) is 14.6. The Balaban J connectivity index is 1.44. The van der Waals surface area contributed by atoms with Crippen LogP contribution in [0.5, 0.6) is 5.75 Å². The minimum atomic E-state index is -0.966. The van der Waals surface area contributed by atoms with E-state index < -0.39 is 17.9 Å². The molecule has 0 spiro atoms. The molecule has 46 heavy (non-hydrogen) atoms. The van der Waals surface area contributed by atoms with Gasteiger partial charge in [-0.05, 0) is 86.2 Å². The maximum Gasteiger partial charge on any atom is 0.319 e. The van der Waals surface area contributed by atoms with Crippen molar-refractivity contribution in [2.45, 2.75) is 58.8 Å². The average molecular weight is 629 g/mol. The Morgan fingerprint density at radius 2 is 1.63 bits per heavy atom. The fraction of sp³-hybridized carbons (Fsp3) is 0.389. The van der Waals surface area contributed by atoms with Gasteiger partial charge in [0.15, 0.2) is 6.61 Å². The van der Waals surface area contributed by atoms with E-state index in [0.29, 0.717) is 35.2 Å². The molecule has 4 rings (SSSR count). The van der Waals surface area contributed by atoms with Crippen molar-refractivity contribution in [2.75, 3.05) is 41.9 Å². The number of amides is 4. The monoisotopic (exact) mass is 628 g/mol. The first-order valence-electron chi connectivity index (χ1n) is 15.8. The van der Waals surface area contributed by atoms with Crippen molar-refractivity contribution in [3.05, 3.63) is 83.4 Å². The summed E-state index contributed by atoms with van der Waals surface area (Å²) in [4.78, 5) is 54.1. The Bertz CT molecular complexity index is 1530. The van der Waals surface area contributed by atoms with Gasteiger partial charge >= 0.3 is 12.0 Å². The summed E-state index contributed by atoms with van der Waals surface area (Å²) in [7, 11) is 1.71. The van der Waals surface area contributed by atoms with E-state index in [1.807, 2.05) is 38.1 Å².